The van der Waals surface area contributed by atoms with Crippen molar-refractivity contribution in [2.45, 2.75) is 6.42 Å². The fourth-order valence-corrected chi connectivity index (χ4v) is 1.90. The summed E-state index contributed by atoms with van der Waals surface area (Å²) in [6, 6.07) is 7.70. The molecule has 0 amide bonds. The average Bonchev–Trinajstić information content (AvgIpc) is 2.44. The van der Waals surface area contributed by atoms with Gasteiger partial charge in [0.05, 0.1) is 5.30 Å². The minimum absolute atomic E-state index is 0.0648. The monoisotopic (exact) mass is 330 g/mol. The highest BCUT2D eigenvalue weighted by atomic mass is 31.2. The summed E-state index contributed by atoms with van der Waals surface area (Å²) in [5, 5.41) is 0.0648. The molecule has 0 aliphatic rings. The lowest BCUT2D eigenvalue weighted by molar-refractivity contribution is 0.387. The van der Waals surface area contributed by atoms with E-state index in [0.29, 0.717) is 5.96 Å². The van der Waals surface area contributed by atoms with Crippen molar-refractivity contribution in [1.82, 2.24) is 9.80 Å². The van der Waals surface area contributed by atoms with Crippen LogP contribution in [0.4, 0.5) is 0 Å². The summed E-state index contributed by atoms with van der Waals surface area (Å²) in [7, 11) is 3.88. The molecule has 8 heteroatoms. The lowest BCUT2D eigenvalue weighted by atomic mass is 10.4. The van der Waals surface area contributed by atoms with Crippen molar-refractivity contribution in [1.29, 1.82) is 0 Å². The van der Waals surface area contributed by atoms with Crippen molar-refractivity contribution in [3.05, 3.63) is 30.3 Å². The number of guanidine groups is 1. The van der Waals surface area contributed by atoms with E-state index in [1.54, 1.807) is 18.2 Å². The average molecular weight is 330 g/mol. The fraction of sp³-hybridized carbons (Fsp3) is 0.500. The molecule has 1 rings (SSSR count). The Bertz CT molecular complexity index is 486. The van der Waals surface area contributed by atoms with Gasteiger partial charge in [-0.25, -0.2) is 0 Å². The van der Waals surface area contributed by atoms with Crippen LogP contribution in [0.1, 0.15) is 6.42 Å². The first-order valence-corrected chi connectivity index (χ1v) is 8.49. The predicted molar refractivity (Wildman–Crippen MR) is 91.5 cm³/mol. The third-order valence-electron chi connectivity index (χ3n) is 2.59. The maximum absolute atomic E-state index is 10.5. The van der Waals surface area contributed by atoms with Gasteiger partial charge in [0.15, 0.2) is 5.96 Å². The molecule has 22 heavy (non-hydrogen) atoms. The Morgan fingerprint density at radius 3 is 2.09 bits per heavy atom. The summed E-state index contributed by atoms with van der Waals surface area (Å²) in [6.45, 7) is 1.87. The summed E-state index contributed by atoms with van der Waals surface area (Å²) >= 11 is 0. The lowest BCUT2D eigenvalue weighted by Crippen LogP contribution is -2.30. The Kier molecular flexibility index (Phi) is 9.69. The number of hydrogen-bond donors (Lipinski definition) is 3. The third kappa shape index (κ3) is 10.3. The Morgan fingerprint density at radius 1 is 1.18 bits per heavy atom. The summed E-state index contributed by atoms with van der Waals surface area (Å²) < 4.78 is 10.5. The molecule has 1 aromatic rings. The first-order chi connectivity index (χ1) is 10.1. The van der Waals surface area contributed by atoms with Gasteiger partial charge in [0.1, 0.15) is 0 Å². The SMILES string of the molecule is CN(C)CCCN=C(N)N(C)C.O=P(O)(O)c1ccccc1. The molecule has 0 bridgehead atoms. The second-order valence-electron chi connectivity index (χ2n) is 5.17. The molecule has 0 aliphatic heterocycles. The van der Waals surface area contributed by atoms with Gasteiger partial charge in [-0.3, -0.25) is 9.56 Å². The quantitative estimate of drug-likeness (QED) is 0.311. The van der Waals surface area contributed by atoms with E-state index in [1.165, 1.54) is 12.1 Å². The summed E-state index contributed by atoms with van der Waals surface area (Å²) in [5.74, 6) is 0.605. The molecule has 0 spiro atoms. The minimum Gasteiger partial charge on any atom is -0.370 e. The number of hydrogen-bond acceptors (Lipinski definition) is 3. The zero-order valence-corrected chi connectivity index (χ0v) is 14.6. The van der Waals surface area contributed by atoms with E-state index in [4.69, 9.17) is 15.5 Å². The number of benzene rings is 1. The van der Waals surface area contributed by atoms with E-state index >= 15 is 0 Å². The number of rotatable bonds is 5. The van der Waals surface area contributed by atoms with Crippen molar-refractivity contribution in [3.8, 4) is 0 Å². The molecule has 0 aromatic heterocycles. The molecule has 0 aliphatic carbocycles. The number of aliphatic imine (C=N–C) groups is 1. The Labute approximate surface area is 132 Å². The van der Waals surface area contributed by atoms with Crippen LogP contribution in [0.15, 0.2) is 35.3 Å². The molecule has 0 saturated carbocycles. The molecule has 126 valence electrons. The molecule has 0 heterocycles. The maximum Gasteiger partial charge on any atom is 0.356 e. The predicted octanol–water partition coefficient (Wildman–Crippen LogP) is 0.304. The van der Waals surface area contributed by atoms with E-state index in [2.05, 4.69) is 24.0 Å². The zero-order chi connectivity index (χ0) is 17.2. The van der Waals surface area contributed by atoms with Crippen LogP contribution < -0.4 is 11.0 Å². The molecule has 0 fully saturated rings. The van der Waals surface area contributed by atoms with Crippen LogP contribution in [0.2, 0.25) is 0 Å². The van der Waals surface area contributed by atoms with E-state index in [0.717, 1.165) is 19.5 Å². The van der Waals surface area contributed by atoms with Crippen LogP contribution in [0.25, 0.3) is 0 Å². The molecule has 0 radical (unpaired) electrons. The second kappa shape index (κ2) is 10.3. The lowest BCUT2D eigenvalue weighted by Gasteiger charge is -2.11. The molecule has 0 atom stereocenters. The topological polar surface area (TPSA) is 102 Å². The Morgan fingerprint density at radius 2 is 1.73 bits per heavy atom. The minimum atomic E-state index is -4.02. The molecule has 7 nitrogen and oxygen atoms in total. The number of nitrogens with zero attached hydrogens (tertiary/aromatic N) is 3. The van der Waals surface area contributed by atoms with Gasteiger partial charge in [0.25, 0.3) is 0 Å². The van der Waals surface area contributed by atoms with Crippen LogP contribution in [0.5, 0.6) is 0 Å². The van der Waals surface area contributed by atoms with Crippen LogP contribution >= 0.6 is 7.60 Å². The maximum atomic E-state index is 10.5. The van der Waals surface area contributed by atoms with Gasteiger partial charge >= 0.3 is 7.60 Å². The second-order valence-corrected chi connectivity index (χ2v) is 6.78. The van der Waals surface area contributed by atoms with Crippen molar-refractivity contribution < 1.29 is 14.4 Å². The first-order valence-electron chi connectivity index (χ1n) is 6.87. The Hall–Kier alpha value is -1.40. The van der Waals surface area contributed by atoms with Gasteiger partial charge in [-0.2, -0.15) is 0 Å². The van der Waals surface area contributed by atoms with Crippen molar-refractivity contribution in [2.75, 3.05) is 41.3 Å². The van der Waals surface area contributed by atoms with E-state index in [1.807, 2.05) is 19.0 Å². The summed E-state index contributed by atoms with van der Waals surface area (Å²) in [4.78, 5) is 25.3. The van der Waals surface area contributed by atoms with Crippen LogP contribution in [-0.4, -0.2) is 66.8 Å². The highest BCUT2D eigenvalue weighted by Gasteiger charge is 2.14. The van der Waals surface area contributed by atoms with Gasteiger partial charge in [-0.1, -0.05) is 18.2 Å². The van der Waals surface area contributed by atoms with Gasteiger partial charge in [0.2, 0.25) is 0 Å². The smallest absolute Gasteiger partial charge is 0.356 e. The van der Waals surface area contributed by atoms with E-state index in [9.17, 15) is 4.57 Å². The van der Waals surface area contributed by atoms with Crippen molar-refractivity contribution >= 4 is 18.9 Å². The highest BCUT2D eigenvalue weighted by molar-refractivity contribution is 7.60. The molecular weight excluding hydrogens is 303 g/mol. The fourth-order valence-electron chi connectivity index (χ4n) is 1.34. The first kappa shape index (κ1) is 20.6. The van der Waals surface area contributed by atoms with Crippen LogP contribution in [-0.2, 0) is 4.57 Å². The van der Waals surface area contributed by atoms with Crippen molar-refractivity contribution in [2.24, 2.45) is 10.7 Å². The van der Waals surface area contributed by atoms with Crippen LogP contribution in [0, 0.1) is 0 Å². The van der Waals surface area contributed by atoms with Crippen LogP contribution in [0.3, 0.4) is 0 Å². The molecule has 0 saturated heterocycles. The molecule has 1 aromatic carbocycles. The van der Waals surface area contributed by atoms with E-state index < -0.39 is 7.60 Å². The van der Waals surface area contributed by atoms with Gasteiger partial charge in [-0.15, -0.1) is 0 Å². The summed E-state index contributed by atoms with van der Waals surface area (Å²) in [5.41, 5.74) is 5.60. The van der Waals surface area contributed by atoms with Crippen molar-refractivity contribution in [3.63, 3.8) is 0 Å². The van der Waals surface area contributed by atoms with Gasteiger partial charge in [-0.05, 0) is 39.2 Å². The number of nitrogens with two attached hydrogens (primary N) is 1. The molecular formula is C14H27N4O3P. The Balaban J connectivity index is 0.000000406. The highest BCUT2D eigenvalue weighted by Crippen LogP contribution is 2.32. The standard InChI is InChI=1S/C8H20N4.C6H7O3P/c1-11(2)7-5-6-10-8(9)12(3)4;7-10(8,9)6-4-2-1-3-5-6/h5-7H2,1-4H3,(H2,9,10);1-5H,(H2,7,8,9). The largest absolute Gasteiger partial charge is 0.370 e. The zero-order valence-electron chi connectivity index (χ0n) is 13.7. The van der Waals surface area contributed by atoms with Gasteiger partial charge < -0.3 is 25.3 Å². The van der Waals surface area contributed by atoms with E-state index in [-0.39, 0.29) is 5.30 Å². The molecule has 4 N–H and O–H groups in total. The third-order valence-corrected chi connectivity index (χ3v) is 3.56. The molecule has 0 unspecified atom stereocenters. The summed E-state index contributed by atoms with van der Waals surface area (Å²) in [6.07, 6.45) is 1.06. The van der Waals surface area contributed by atoms with Gasteiger partial charge in [0, 0.05) is 20.6 Å². The normalized spacial score (nSPS) is 11.9.